The zero-order chi connectivity index (χ0) is 13.9. The van der Waals surface area contributed by atoms with E-state index in [2.05, 4.69) is 70.6 Å². The zero-order valence-corrected chi connectivity index (χ0v) is 13.1. The summed E-state index contributed by atoms with van der Waals surface area (Å²) in [4.78, 5) is 0. The predicted octanol–water partition coefficient (Wildman–Crippen LogP) is 4.08. The summed E-state index contributed by atoms with van der Waals surface area (Å²) in [6.45, 7) is 3.85. The van der Waals surface area contributed by atoms with E-state index in [1.807, 2.05) is 0 Å². The highest BCUT2D eigenvalue weighted by molar-refractivity contribution is 9.10. The molecule has 3 heteroatoms. The molecule has 0 aromatic heterocycles. The number of halogens is 1. The second kappa shape index (κ2) is 5.98. The number of hydrogen-bond donors (Lipinski definition) is 1. The van der Waals surface area contributed by atoms with Crippen LogP contribution < -0.4 is 10.1 Å². The van der Waals surface area contributed by atoms with Crippen molar-refractivity contribution in [2.24, 2.45) is 0 Å². The standard InChI is InChI=1S/C17H18BrNO/c1-2-19-16(12-6-8-14(18)9-7-12)15-5-3-4-13-10-11-20-17(13)15/h3-9,16,19H,2,10-11H2,1H3. The number of ether oxygens (including phenoxy) is 1. The van der Waals surface area contributed by atoms with E-state index in [1.54, 1.807) is 0 Å². The van der Waals surface area contributed by atoms with Crippen LogP contribution >= 0.6 is 15.9 Å². The van der Waals surface area contributed by atoms with Crippen molar-refractivity contribution in [2.75, 3.05) is 13.2 Å². The van der Waals surface area contributed by atoms with Gasteiger partial charge in [-0.25, -0.2) is 0 Å². The molecule has 1 atom stereocenters. The molecule has 0 amide bonds. The monoisotopic (exact) mass is 331 g/mol. The fourth-order valence-electron chi connectivity index (χ4n) is 2.73. The minimum atomic E-state index is 0.182. The van der Waals surface area contributed by atoms with Crippen LogP contribution in [-0.2, 0) is 6.42 Å². The van der Waals surface area contributed by atoms with Crippen LogP contribution in [0, 0.1) is 0 Å². The van der Waals surface area contributed by atoms with Crippen molar-refractivity contribution in [3.63, 3.8) is 0 Å². The van der Waals surface area contributed by atoms with E-state index in [9.17, 15) is 0 Å². The molecule has 1 unspecified atom stereocenters. The molecule has 1 heterocycles. The average Bonchev–Trinajstić information content (AvgIpc) is 2.94. The van der Waals surface area contributed by atoms with E-state index >= 15 is 0 Å². The first-order chi connectivity index (χ1) is 9.79. The first-order valence-corrected chi connectivity index (χ1v) is 7.82. The molecule has 2 aromatic carbocycles. The third kappa shape index (κ3) is 2.60. The minimum absolute atomic E-state index is 0.182. The van der Waals surface area contributed by atoms with E-state index < -0.39 is 0 Å². The lowest BCUT2D eigenvalue weighted by Crippen LogP contribution is -2.22. The molecule has 2 nitrogen and oxygen atoms in total. The topological polar surface area (TPSA) is 21.3 Å². The first-order valence-electron chi connectivity index (χ1n) is 7.03. The largest absolute Gasteiger partial charge is 0.493 e. The Morgan fingerprint density at radius 3 is 2.75 bits per heavy atom. The van der Waals surface area contributed by atoms with E-state index in [1.165, 1.54) is 16.7 Å². The van der Waals surface area contributed by atoms with Crippen LogP contribution in [0.1, 0.15) is 29.7 Å². The Balaban J connectivity index is 2.03. The zero-order valence-electron chi connectivity index (χ0n) is 11.5. The summed E-state index contributed by atoms with van der Waals surface area (Å²) in [5.41, 5.74) is 3.82. The van der Waals surface area contributed by atoms with Gasteiger partial charge >= 0.3 is 0 Å². The van der Waals surface area contributed by atoms with Crippen molar-refractivity contribution < 1.29 is 4.74 Å². The fraction of sp³-hybridized carbons (Fsp3) is 0.294. The van der Waals surface area contributed by atoms with Crippen molar-refractivity contribution in [1.29, 1.82) is 0 Å². The number of para-hydroxylation sites is 1. The summed E-state index contributed by atoms with van der Waals surface area (Å²) >= 11 is 3.49. The van der Waals surface area contributed by atoms with Crippen LogP contribution in [-0.4, -0.2) is 13.2 Å². The molecule has 104 valence electrons. The summed E-state index contributed by atoms with van der Waals surface area (Å²) in [6, 6.07) is 15.1. The maximum Gasteiger partial charge on any atom is 0.127 e. The van der Waals surface area contributed by atoms with E-state index in [0.717, 1.165) is 29.8 Å². The highest BCUT2D eigenvalue weighted by atomic mass is 79.9. The van der Waals surface area contributed by atoms with Crippen molar-refractivity contribution in [1.82, 2.24) is 5.32 Å². The van der Waals surface area contributed by atoms with Crippen LogP contribution in [0.15, 0.2) is 46.9 Å². The molecule has 0 fully saturated rings. The Kier molecular flexibility index (Phi) is 4.08. The van der Waals surface area contributed by atoms with E-state index in [-0.39, 0.29) is 6.04 Å². The Hall–Kier alpha value is -1.32. The maximum absolute atomic E-state index is 5.85. The van der Waals surface area contributed by atoms with Gasteiger partial charge < -0.3 is 10.1 Å². The maximum atomic E-state index is 5.85. The SMILES string of the molecule is CCNC(c1ccc(Br)cc1)c1cccc2c1OCC2. The quantitative estimate of drug-likeness (QED) is 0.911. The van der Waals surface area contributed by atoms with Gasteiger partial charge in [0.05, 0.1) is 12.6 Å². The van der Waals surface area contributed by atoms with Crippen LogP contribution in [0.4, 0.5) is 0 Å². The Morgan fingerprint density at radius 1 is 1.20 bits per heavy atom. The lowest BCUT2D eigenvalue weighted by molar-refractivity contribution is 0.350. The predicted molar refractivity (Wildman–Crippen MR) is 85.3 cm³/mol. The molecule has 0 aliphatic carbocycles. The van der Waals surface area contributed by atoms with Gasteiger partial charge in [0.1, 0.15) is 5.75 Å². The lowest BCUT2D eigenvalue weighted by atomic mass is 9.96. The summed E-state index contributed by atoms with van der Waals surface area (Å²) < 4.78 is 6.96. The van der Waals surface area contributed by atoms with Crippen LogP contribution in [0.25, 0.3) is 0 Å². The second-order valence-corrected chi connectivity index (χ2v) is 5.89. The number of nitrogens with one attached hydrogen (secondary N) is 1. The highest BCUT2D eigenvalue weighted by Crippen LogP contribution is 2.36. The van der Waals surface area contributed by atoms with Crippen LogP contribution in [0.2, 0.25) is 0 Å². The second-order valence-electron chi connectivity index (χ2n) is 4.98. The summed E-state index contributed by atoms with van der Waals surface area (Å²) in [5, 5.41) is 3.57. The molecular weight excluding hydrogens is 314 g/mol. The van der Waals surface area contributed by atoms with Gasteiger partial charge in [-0.05, 0) is 29.8 Å². The van der Waals surface area contributed by atoms with Crippen molar-refractivity contribution >= 4 is 15.9 Å². The van der Waals surface area contributed by atoms with Crippen LogP contribution in [0.5, 0.6) is 5.75 Å². The average molecular weight is 332 g/mol. The highest BCUT2D eigenvalue weighted by Gasteiger charge is 2.22. The molecule has 1 N–H and O–H groups in total. The van der Waals surface area contributed by atoms with Gasteiger partial charge in [0, 0.05) is 16.5 Å². The normalized spacial score (nSPS) is 14.7. The number of hydrogen-bond acceptors (Lipinski definition) is 2. The molecule has 1 aliphatic rings. The Morgan fingerprint density at radius 2 is 2.00 bits per heavy atom. The van der Waals surface area contributed by atoms with Gasteiger partial charge in [0.25, 0.3) is 0 Å². The fourth-order valence-corrected chi connectivity index (χ4v) is 3.00. The Bertz CT molecular complexity index is 594. The molecule has 0 saturated carbocycles. The van der Waals surface area contributed by atoms with Gasteiger partial charge in [0.2, 0.25) is 0 Å². The third-order valence-electron chi connectivity index (χ3n) is 3.67. The molecule has 3 rings (SSSR count). The molecular formula is C17H18BrNO. The summed E-state index contributed by atoms with van der Waals surface area (Å²) in [5.74, 6) is 1.07. The number of benzene rings is 2. The molecule has 1 aliphatic heterocycles. The van der Waals surface area contributed by atoms with Crippen molar-refractivity contribution in [3.05, 3.63) is 63.6 Å². The lowest BCUT2D eigenvalue weighted by Gasteiger charge is -2.21. The van der Waals surface area contributed by atoms with Gasteiger partial charge in [-0.3, -0.25) is 0 Å². The van der Waals surface area contributed by atoms with Crippen LogP contribution in [0.3, 0.4) is 0 Å². The smallest absolute Gasteiger partial charge is 0.127 e. The molecule has 0 spiro atoms. The first kappa shape index (κ1) is 13.7. The number of fused-ring (bicyclic) bond motifs is 1. The molecule has 2 aromatic rings. The van der Waals surface area contributed by atoms with Gasteiger partial charge in [-0.15, -0.1) is 0 Å². The minimum Gasteiger partial charge on any atom is -0.493 e. The van der Waals surface area contributed by atoms with Gasteiger partial charge in [0.15, 0.2) is 0 Å². The number of rotatable bonds is 4. The summed E-state index contributed by atoms with van der Waals surface area (Å²) in [6.07, 6.45) is 1.02. The van der Waals surface area contributed by atoms with E-state index in [0.29, 0.717) is 0 Å². The van der Waals surface area contributed by atoms with Crippen molar-refractivity contribution in [2.45, 2.75) is 19.4 Å². The molecule has 20 heavy (non-hydrogen) atoms. The third-order valence-corrected chi connectivity index (χ3v) is 4.20. The van der Waals surface area contributed by atoms with Crippen molar-refractivity contribution in [3.8, 4) is 5.75 Å². The van der Waals surface area contributed by atoms with Gasteiger partial charge in [-0.2, -0.15) is 0 Å². The van der Waals surface area contributed by atoms with E-state index in [4.69, 9.17) is 4.74 Å². The molecule has 0 bridgehead atoms. The Labute approximate surface area is 128 Å². The molecule has 0 radical (unpaired) electrons. The molecule has 0 saturated heterocycles. The summed E-state index contributed by atoms with van der Waals surface area (Å²) in [7, 11) is 0. The van der Waals surface area contributed by atoms with Gasteiger partial charge in [-0.1, -0.05) is 53.2 Å².